The van der Waals surface area contributed by atoms with E-state index in [4.69, 9.17) is 4.74 Å². The quantitative estimate of drug-likeness (QED) is 0.893. The van der Waals surface area contributed by atoms with Crippen molar-refractivity contribution < 1.29 is 13.9 Å². The maximum atomic E-state index is 13.7. The zero-order valence-electron chi connectivity index (χ0n) is 14.6. The van der Waals surface area contributed by atoms with Crippen molar-refractivity contribution in [2.75, 3.05) is 25.5 Å². The number of benzene rings is 2. The number of carbonyl (C=O) groups excluding carboxylic acids is 1. The van der Waals surface area contributed by atoms with Crippen LogP contribution in [0.5, 0.6) is 0 Å². The Labute approximate surface area is 147 Å². The predicted molar refractivity (Wildman–Crippen MR) is 97.2 cm³/mol. The predicted octanol–water partition coefficient (Wildman–Crippen LogP) is 4.44. The van der Waals surface area contributed by atoms with E-state index in [-0.39, 0.29) is 11.9 Å². The first-order valence-corrected chi connectivity index (χ1v) is 8.53. The topological polar surface area (TPSA) is 41.6 Å². The Morgan fingerprint density at radius 3 is 2.88 bits per heavy atom. The summed E-state index contributed by atoms with van der Waals surface area (Å²) in [6, 6.07) is 12.3. The van der Waals surface area contributed by atoms with E-state index in [1.807, 2.05) is 38.2 Å². The Morgan fingerprint density at radius 2 is 2.16 bits per heavy atom. The fourth-order valence-corrected chi connectivity index (χ4v) is 3.18. The molecule has 2 aromatic rings. The van der Waals surface area contributed by atoms with Crippen LogP contribution in [-0.4, -0.2) is 37.2 Å². The molecule has 5 heteroatoms. The Hall–Kier alpha value is -2.40. The molecular formula is C20H23FN2O2. The van der Waals surface area contributed by atoms with Crippen LogP contribution in [-0.2, 0) is 4.74 Å². The van der Waals surface area contributed by atoms with E-state index in [1.54, 1.807) is 6.07 Å². The lowest BCUT2D eigenvalue weighted by atomic mass is 10.0. The van der Waals surface area contributed by atoms with Crippen LogP contribution in [0.1, 0.15) is 18.4 Å². The standard InChI is InChI=1S/C20H23FN2O2/c1-14-5-3-6-15(11-14)18-12-16(21)8-9-19(18)22-20(24)25-13-17-7-4-10-23(17)2/h3,5-6,8-9,11-12,17H,4,7,10,13H2,1-2H3,(H,22,24)/t17-/m0/s1. The number of anilines is 1. The number of ether oxygens (including phenoxy) is 1. The van der Waals surface area contributed by atoms with Crippen molar-refractivity contribution in [3.8, 4) is 11.1 Å². The van der Waals surface area contributed by atoms with E-state index in [0.29, 0.717) is 17.9 Å². The van der Waals surface area contributed by atoms with E-state index in [1.165, 1.54) is 12.1 Å². The fourth-order valence-electron chi connectivity index (χ4n) is 3.18. The highest BCUT2D eigenvalue weighted by Gasteiger charge is 2.22. The lowest BCUT2D eigenvalue weighted by Gasteiger charge is -2.19. The summed E-state index contributed by atoms with van der Waals surface area (Å²) in [5.41, 5.74) is 3.10. The number of halogens is 1. The highest BCUT2D eigenvalue weighted by molar-refractivity contribution is 5.91. The summed E-state index contributed by atoms with van der Waals surface area (Å²) < 4.78 is 19.1. The Kier molecular flexibility index (Phi) is 5.34. The number of hydrogen-bond donors (Lipinski definition) is 1. The molecule has 1 fully saturated rings. The van der Waals surface area contributed by atoms with Crippen molar-refractivity contribution in [3.63, 3.8) is 0 Å². The number of likely N-dealkylation sites (tertiary alicyclic amines) is 1. The van der Waals surface area contributed by atoms with Crippen molar-refractivity contribution in [1.82, 2.24) is 4.90 Å². The van der Waals surface area contributed by atoms with Gasteiger partial charge >= 0.3 is 6.09 Å². The second-order valence-corrected chi connectivity index (χ2v) is 6.56. The number of hydrogen-bond acceptors (Lipinski definition) is 3. The molecule has 0 radical (unpaired) electrons. The SMILES string of the molecule is Cc1cccc(-c2cc(F)ccc2NC(=O)OC[C@@H]2CCCN2C)c1. The van der Waals surface area contributed by atoms with E-state index in [9.17, 15) is 9.18 Å². The van der Waals surface area contributed by atoms with Crippen LogP contribution in [0.25, 0.3) is 11.1 Å². The number of likely N-dealkylation sites (N-methyl/N-ethyl adjacent to an activating group) is 1. The Balaban J connectivity index is 1.72. The van der Waals surface area contributed by atoms with Crippen molar-refractivity contribution in [2.24, 2.45) is 0 Å². The van der Waals surface area contributed by atoms with Crippen LogP contribution in [0.2, 0.25) is 0 Å². The van der Waals surface area contributed by atoms with Crippen molar-refractivity contribution in [3.05, 3.63) is 53.8 Å². The van der Waals surface area contributed by atoms with E-state index >= 15 is 0 Å². The number of nitrogens with one attached hydrogen (secondary N) is 1. The minimum Gasteiger partial charge on any atom is -0.448 e. The molecule has 1 aliphatic rings. The van der Waals surface area contributed by atoms with Crippen molar-refractivity contribution >= 4 is 11.8 Å². The monoisotopic (exact) mass is 342 g/mol. The van der Waals surface area contributed by atoms with Gasteiger partial charge in [-0.1, -0.05) is 29.8 Å². The highest BCUT2D eigenvalue weighted by atomic mass is 19.1. The first kappa shape index (κ1) is 17.4. The molecule has 1 heterocycles. The molecule has 2 aromatic carbocycles. The maximum Gasteiger partial charge on any atom is 0.411 e. The molecule has 1 atom stereocenters. The first-order valence-electron chi connectivity index (χ1n) is 8.53. The van der Waals surface area contributed by atoms with Gasteiger partial charge in [0.25, 0.3) is 0 Å². The first-order chi connectivity index (χ1) is 12.0. The lowest BCUT2D eigenvalue weighted by Crippen LogP contribution is -2.31. The smallest absolute Gasteiger partial charge is 0.411 e. The van der Waals surface area contributed by atoms with Gasteiger partial charge in [-0.25, -0.2) is 9.18 Å². The normalized spacial score (nSPS) is 17.5. The minimum atomic E-state index is -0.513. The molecule has 1 aliphatic heterocycles. The number of aryl methyl sites for hydroxylation is 1. The number of nitrogens with zero attached hydrogens (tertiary/aromatic N) is 1. The third kappa shape index (κ3) is 4.37. The van der Waals surface area contributed by atoms with Gasteiger partial charge in [0.15, 0.2) is 0 Å². The van der Waals surface area contributed by atoms with Gasteiger partial charge < -0.3 is 9.64 Å². The van der Waals surface area contributed by atoms with Crippen LogP contribution in [0.4, 0.5) is 14.9 Å². The van der Waals surface area contributed by atoms with Gasteiger partial charge in [0.1, 0.15) is 12.4 Å². The molecular weight excluding hydrogens is 319 g/mol. The van der Waals surface area contributed by atoms with Crippen molar-refractivity contribution in [1.29, 1.82) is 0 Å². The fraction of sp³-hybridized carbons (Fsp3) is 0.350. The minimum absolute atomic E-state index is 0.273. The number of carbonyl (C=O) groups is 1. The second-order valence-electron chi connectivity index (χ2n) is 6.56. The third-order valence-electron chi connectivity index (χ3n) is 4.63. The Bertz CT molecular complexity index is 763. The van der Waals surface area contributed by atoms with Gasteiger partial charge in [0, 0.05) is 11.6 Å². The van der Waals surface area contributed by atoms with Crippen LogP contribution < -0.4 is 5.32 Å². The Morgan fingerprint density at radius 1 is 1.32 bits per heavy atom. The highest BCUT2D eigenvalue weighted by Crippen LogP contribution is 2.29. The van der Waals surface area contributed by atoms with Crippen LogP contribution in [0.3, 0.4) is 0 Å². The summed E-state index contributed by atoms with van der Waals surface area (Å²) in [6.07, 6.45) is 1.65. The number of amides is 1. The lowest BCUT2D eigenvalue weighted by molar-refractivity contribution is 0.127. The zero-order chi connectivity index (χ0) is 17.8. The summed E-state index contributed by atoms with van der Waals surface area (Å²) in [4.78, 5) is 14.4. The van der Waals surface area contributed by atoms with E-state index < -0.39 is 6.09 Å². The molecule has 25 heavy (non-hydrogen) atoms. The molecule has 4 nitrogen and oxygen atoms in total. The van der Waals surface area contributed by atoms with E-state index in [2.05, 4.69) is 10.2 Å². The second kappa shape index (κ2) is 7.66. The van der Waals surface area contributed by atoms with Gasteiger partial charge in [0.2, 0.25) is 0 Å². The summed E-state index contributed by atoms with van der Waals surface area (Å²) >= 11 is 0. The molecule has 1 saturated heterocycles. The molecule has 1 amide bonds. The molecule has 0 unspecified atom stereocenters. The zero-order valence-corrected chi connectivity index (χ0v) is 14.6. The molecule has 0 saturated carbocycles. The van der Waals surface area contributed by atoms with Gasteiger partial charge in [-0.3, -0.25) is 5.32 Å². The molecule has 3 rings (SSSR count). The molecule has 0 bridgehead atoms. The van der Waals surface area contributed by atoms with Gasteiger partial charge in [-0.05, 0) is 57.1 Å². The summed E-state index contributed by atoms with van der Waals surface area (Å²) in [7, 11) is 2.04. The summed E-state index contributed by atoms with van der Waals surface area (Å²) in [5, 5.41) is 2.75. The van der Waals surface area contributed by atoms with Gasteiger partial charge in [-0.15, -0.1) is 0 Å². The molecule has 1 N–H and O–H groups in total. The molecule has 132 valence electrons. The van der Waals surface area contributed by atoms with Crippen LogP contribution in [0.15, 0.2) is 42.5 Å². The molecule has 0 spiro atoms. The van der Waals surface area contributed by atoms with Crippen LogP contribution >= 0.6 is 0 Å². The molecule has 0 aromatic heterocycles. The van der Waals surface area contributed by atoms with E-state index in [0.717, 1.165) is 30.5 Å². The summed E-state index contributed by atoms with van der Waals surface area (Å²) in [5.74, 6) is -0.344. The molecule has 0 aliphatic carbocycles. The largest absolute Gasteiger partial charge is 0.448 e. The van der Waals surface area contributed by atoms with Crippen molar-refractivity contribution in [2.45, 2.75) is 25.8 Å². The van der Waals surface area contributed by atoms with Gasteiger partial charge in [0.05, 0.1) is 5.69 Å². The van der Waals surface area contributed by atoms with Crippen LogP contribution in [0, 0.1) is 12.7 Å². The average molecular weight is 342 g/mol. The maximum absolute atomic E-state index is 13.7. The third-order valence-corrected chi connectivity index (χ3v) is 4.63. The number of rotatable bonds is 4. The van der Waals surface area contributed by atoms with Gasteiger partial charge in [-0.2, -0.15) is 0 Å². The average Bonchev–Trinajstić information content (AvgIpc) is 3.00. The summed E-state index contributed by atoms with van der Waals surface area (Å²) in [6.45, 7) is 3.37.